The number of unbranched alkanes of at least 4 members (excludes halogenated alkanes) is 3. The smallest absolute Gasteiger partial charge is 0.273 e. The second kappa shape index (κ2) is 12.0. The number of carbonyl (C=O) groups excluding carboxylic acids is 1. The largest absolute Gasteiger partial charge is 0.491 e. The average molecular weight is 475 g/mol. The molecule has 0 unspecified atom stereocenters. The average Bonchev–Trinajstić information content (AvgIpc) is 3.54. The Labute approximate surface area is 204 Å². The van der Waals surface area contributed by atoms with Gasteiger partial charge in [0.05, 0.1) is 6.10 Å². The number of aromatic nitrogens is 3. The van der Waals surface area contributed by atoms with Crippen LogP contribution in [0.4, 0.5) is 0 Å². The lowest BCUT2D eigenvalue weighted by atomic mass is 10.1. The maximum absolute atomic E-state index is 12.4. The maximum atomic E-state index is 12.4. The van der Waals surface area contributed by atoms with Gasteiger partial charge in [-0.25, -0.2) is 0 Å². The van der Waals surface area contributed by atoms with Crippen LogP contribution in [0.3, 0.4) is 0 Å². The minimum absolute atomic E-state index is 0.111. The van der Waals surface area contributed by atoms with Gasteiger partial charge in [-0.3, -0.25) is 4.79 Å². The van der Waals surface area contributed by atoms with E-state index in [-0.39, 0.29) is 17.7 Å². The van der Waals surface area contributed by atoms with Crippen molar-refractivity contribution in [3.05, 3.63) is 72.2 Å². The van der Waals surface area contributed by atoms with E-state index in [4.69, 9.17) is 13.8 Å². The fraction of sp³-hybridized carbons (Fsp3) is 0.333. The van der Waals surface area contributed by atoms with Crippen molar-refractivity contribution in [2.75, 3.05) is 6.54 Å². The molecule has 0 saturated heterocycles. The number of benzene rings is 2. The van der Waals surface area contributed by atoms with Crippen molar-refractivity contribution in [1.82, 2.24) is 20.6 Å². The van der Waals surface area contributed by atoms with Gasteiger partial charge in [0.25, 0.3) is 5.91 Å². The van der Waals surface area contributed by atoms with E-state index in [2.05, 4.69) is 20.6 Å². The molecule has 0 saturated carbocycles. The molecule has 35 heavy (non-hydrogen) atoms. The molecule has 0 bridgehead atoms. The van der Waals surface area contributed by atoms with Crippen LogP contribution < -0.4 is 10.1 Å². The van der Waals surface area contributed by atoms with E-state index >= 15 is 0 Å². The molecule has 2 aromatic carbocycles. The summed E-state index contributed by atoms with van der Waals surface area (Å²) >= 11 is 0. The van der Waals surface area contributed by atoms with Crippen LogP contribution in [-0.4, -0.2) is 33.9 Å². The Morgan fingerprint density at radius 3 is 2.46 bits per heavy atom. The standard InChI is InChI=1S/C27H30N4O4/c1-19(2)33-22-15-13-20(14-16-22)24-18-23(30-34-24)27(32)28-17-9-4-3-8-12-25-29-26(31-35-25)21-10-6-5-7-11-21/h5-7,10-11,13-16,18-19H,3-4,8-9,12,17H2,1-2H3,(H,28,32). The second-order valence-electron chi connectivity index (χ2n) is 8.57. The van der Waals surface area contributed by atoms with Gasteiger partial charge in [0.1, 0.15) is 5.75 Å². The van der Waals surface area contributed by atoms with Crippen molar-refractivity contribution in [3.63, 3.8) is 0 Å². The van der Waals surface area contributed by atoms with E-state index in [0.717, 1.165) is 49.0 Å². The fourth-order valence-electron chi connectivity index (χ4n) is 3.60. The van der Waals surface area contributed by atoms with Crippen LogP contribution in [0, 0.1) is 0 Å². The van der Waals surface area contributed by atoms with Gasteiger partial charge in [0.15, 0.2) is 11.5 Å². The van der Waals surface area contributed by atoms with Gasteiger partial charge < -0.3 is 19.1 Å². The van der Waals surface area contributed by atoms with Gasteiger partial charge in [-0.15, -0.1) is 0 Å². The van der Waals surface area contributed by atoms with E-state index in [9.17, 15) is 4.79 Å². The van der Waals surface area contributed by atoms with Gasteiger partial charge in [-0.1, -0.05) is 53.5 Å². The number of rotatable bonds is 12. The van der Waals surface area contributed by atoms with Crippen LogP contribution in [0.25, 0.3) is 22.7 Å². The molecular weight excluding hydrogens is 444 g/mol. The lowest BCUT2D eigenvalue weighted by Crippen LogP contribution is -2.24. The number of aryl methyl sites for hydroxylation is 1. The summed E-state index contributed by atoms with van der Waals surface area (Å²) in [7, 11) is 0. The SMILES string of the molecule is CC(C)Oc1ccc(-c2cc(C(=O)NCCCCCCc3nc(-c4ccccc4)no3)no2)cc1. The third-order valence-electron chi connectivity index (χ3n) is 5.36. The lowest BCUT2D eigenvalue weighted by molar-refractivity contribution is 0.0944. The number of amides is 1. The highest BCUT2D eigenvalue weighted by molar-refractivity contribution is 5.93. The maximum Gasteiger partial charge on any atom is 0.273 e. The monoisotopic (exact) mass is 474 g/mol. The van der Waals surface area contributed by atoms with Crippen LogP contribution >= 0.6 is 0 Å². The van der Waals surface area contributed by atoms with Crippen molar-refractivity contribution in [1.29, 1.82) is 0 Å². The van der Waals surface area contributed by atoms with Crippen LogP contribution in [0.1, 0.15) is 55.9 Å². The third-order valence-corrected chi connectivity index (χ3v) is 5.36. The molecule has 2 heterocycles. The molecule has 0 atom stereocenters. The summed E-state index contributed by atoms with van der Waals surface area (Å²) in [5, 5.41) is 10.9. The molecule has 4 aromatic rings. The van der Waals surface area contributed by atoms with E-state index in [1.165, 1.54) is 0 Å². The predicted molar refractivity (Wildman–Crippen MR) is 132 cm³/mol. The Morgan fingerprint density at radius 2 is 1.69 bits per heavy atom. The quantitative estimate of drug-likeness (QED) is 0.262. The topological polar surface area (TPSA) is 103 Å². The van der Waals surface area contributed by atoms with Gasteiger partial charge in [-0.2, -0.15) is 4.98 Å². The van der Waals surface area contributed by atoms with Crippen molar-refractivity contribution in [3.8, 4) is 28.5 Å². The Bertz CT molecular complexity index is 1200. The van der Waals surface area contributed by atoms with Crippen LogP contribution in [-0.2, 0) is 6.42 Å². The summed E-state index contributed by atoms with van der Waals surface area (Å²) < 4.78 is 16.3. The summed E-state index contributed by atoms with van der Waals surface area (Å²) in [6.07, 6.45) is 4.71. The first kappa shape index (κ1) is 24.2. The molecule has 2 aromatic heterocycles. The lowest BCUT2D eigenvalue weighted by Gasteiger charge is -2.09. The number of ether oxygens (including phenoxy) is 1. The first-order valence-corrected chi connectivity index (χ1v) is 12.0. The van der Waals surface area contributed by atoms with Crippen molar-refractivity contribution in [2.45, 2.75) is 52.1 Å². The van der Waals surface area contributed by atoms with Crippen LogP contribution in [0.2, 0.25) is 0 Å². The van der Waals surface area contributed by atoms with Crippen molar-refractivity contribution in [2.24, 2.45) is 0 Å². The molecule has 1 amide bonds. The van der Waals surface area contributed by atoms with E-state index in [1.54, 1.807) is 6.07 Å². The summed E-state index contributed by atoms with van der Waals surface area (Å²) in [6.45, 7) is 4.54. The first-order chi connectivity index (χ1) is 17.1. The molecule has 0 radical (unpaired) electrons. The summed E-state index contributed by atoms with van der Waals surface area (Å²) in [4.78, 5) is 16.8. The summed E-state index contributed by atoms with van der Waals surface area (Å²) in [5.41, 5.74) is 2.06. The van der Waals surface area contributed by atoms with Crippen LogP contribution in [0.5, 0.6) is 5.75 Å². The molecule has 8 nitrogen and oxygen atoms in total. The summed E-state index contributed by atoms with van der Waals surface area (Å²) in [6, 6.07) is 19.0. The van der Waals surface area contributed by atoms with E-state index in [0.29, 0.717) is 24.0 Å². The Morgan fingerprint density at radius 1 is 0.914 bits per heavy atom. The summed E-state index contributed by atoms with van der Waals surface area (Å²) in [5.74, 6) is 2.37. The van der Waals surface area contributed by atoms with Gasteiger partial charge in [-0.05, 0) is 51.0 Å². The minimum atomic E-state index is -0.237. The molecule has 4 rings (SSSR count). The minimum Gasteiger partial charge on any atom is -0.491 e. The van der Waals surface area contributed by atoms with Crippen molar-refractivity contribution < 1.29 is 18.6 Å². The van der Waals surface area contributed by atoms with E-state index < -0.39 is 0 Å². The number of nitrogens with one attached hydrogen (secondary N) is 1. The Kier molecular flexibility index (Phi) is 8.27. The highest BCUT2D eigenvalue weighted by Crippen LogP contribution is 2.24. The molecule has 0 aliphatic heterocycles. The molecule has 0 aliphatic carbocycles. The molecule has 8 heteroatoms. The zero-order chi connectivity index (χ0) is 24.5. The van der Waals surface area contributed by atoms with Crippen molar-refractivity contribution >= 4 is 5.91 Å². The predicted octanol–water partition coefficient (Wildman–Crippen LogP) is 5.71. The zero-order valence-corrected chi connectivity index (χ0v) is 20.1. The molecule has 1 N–H and O–H groups in total. The fourth-order valence-corrected chi connectivity index (χ4v) is 3.60. The number of nitrogens with zero attached hydrogens (tertiary/aromatic N) is 3. The Hall–Kier alpha value is -3.94. The normalized spacial score (nSPS) is 11.1. The molecular formula is C27H30N4O4. The van der Waals surface area contributed by atoms with Gasteiger partial charge in [0.2, 0.25) is 11.7 Å². The molecule has 0 aliphatic rings. The van der Waals surface area contributed by atoms with E-state index in [1.807, 2.05) is 68.4 Å². The number of hydrogen-bond acceptors (Lipinski definition) is 7. The van der Waals surface area contributed by atoms with Gasteiger partial charge >= 0.3 is 0 Å². The number of carbonyl (C=O) groups is 1. The molecule has 0 spiro atoms. The molecule has 182 valence electrons. The Balaban J connectivity index is 1.13. The van der Waals surface area contributed by atoms with Crippen LogP contribution in [0.15, 0.2) is 69.7 Å². The number of hydrogen-bond donors (Lipinski definition) is 1. The highest BCUT2D eigenvalue weighted by Gasteiger charge is 2.14. The first-order valence-electron chi connectivity index (χ1n) is 12.0. The second-order valence-corrected chi connectivity index (χ2v) is 8.57. The molecule has 0 fully saturated rings. The van der Waals surface area contributed by atoms with Gasteiger partial charge in [0, 0.05) is 30.2 Å². The highest BCUT2D eigenvalue weighted by atomic mass is 16.5. The third kappa shape index (κ3) is 7.02. The zero-order valence-electron chi connectivity index (χ0n) is 20.1.